The smallest absolute Gasteiger partial charge is 0.407 e. The predicted octanol–water partition coefficient (Wildman–Crippen LogP) is 4.10. The maximum atomic E-state index is 14.1. The van der Waals surface area contributed by atoms with E-state index in [9.17, 15) is 14.0 Å². The van der Waals surface area contributed by atoms with Gasteiger partial charge in [0.15, 0.2) is 0 Å². The van der Waals surface area contributed by atoms with Gasteiger partial charge in [0.05, 0.1) is 24.9 Å². The fourth-order valence-corrected chi connectivity index (χ4v) is 5.39. The Morgan fingerprint density at radius 3 is 2.79 bits per heavy atom. The summed E-state index contributed by atoms with van der Waals surface area (Å²) in [6, 6.07) is 6.21. The van der Waals surface area contributed by atoms with Crippen molar-refractivity contribution in [2.75, 3.05) is 53.5 Å². The topological polar surface area (TPSA) is 103 Å². The summed E-state index contributed by atoms with van der Waals surface area (Å²) in [5, 5.41) is 15.6. The van der Waals surface area contributed by atoms with Crippen molar-refractivity contribution < 1.29 is 28.6 Å². The van der Waals surface area contributed by atoms with Crippen LogP contribution < -0.4 is 10.6 Å². The SMILES string of the molecule is CNC[C@H](C[C@H]1CCC(C)(C)OC1)NC(=O)N1CCC[C@@H]([C@@H](OCCN(C)C(=O)O)c2cccc(F)c2)C1. The second-order valence-corrected chi connectivity index (χ2v) is 11.3. The highest BCUT2D eigenvalue weighted by atomic mass is 19.1. The van der Waals surface area contributed by atoms with Gasteiger partial charge in [0, 0.05) is 45.2 Å². The molecule has 2 fully saturated rings. The Morgan fingerprint density at radius 1 is 1.34 bits per heavy atom. The van der Waals surface area contributed by atoms with E-state index in [0.717, 1.165) is 37.0 Å². The Hall–Kier alpha value is -2.43. The molecule has 1 aromatic carbocycles. The molecule has 0 unspecified atom stereocenters. The lowest BCUT2D eigenvalue weighted by molar-refractivity contribution is -0.0792. The number of nitrogens with one attached hydrogen (secondary N) is 2. The number of halogens is 1. The molecule has 0 aliphatic carbocycles. The molecule has 1 aromatic rings. The van der Waals surface area contributed by atoms with Crippen LogP contribution in [-0.4, -0.2) is 92.2 Å². The average molecular weight is 537 g/mol. The van der Waals surface area contributed by atoms with Gasteiger partial charge in [-0.2, -0.15) is 0 Å². The third-order valence-electron chi connectivity index (χ3n) is 7.66. The molecule has 9 nitrogen and oxygen atoms in total. The molecule has 0 spiro atoms. The third-order valence-corrected chi connectivity index (χ3v) is 7.66. The van der Waals surface area contributed by atoms with E-state index in [2.05, 4.69) is 24.5 Å². The Morgan fingerprint density at radius 2 is 2.13 bits per heavy atom. The van der Waals surface area contributed by atoms with Crippen molar-refractivity contribution in [3.05, 3.63) is 35.6 Å². The Labute approximate surface area is 226 Å². The van der Waals surface area contributed by atoms with Gasteiger partial charge < -0.3 is 35.0 Å². The van der Waals surface area contributed by atoms with Gasteiger partial charge in [0.25, 0.3) is 0 Å². The highest BCUT2D eigenvalue weighted by molar-refractivity contribution is 5.74. The number of piperidine rings is 1. The standard InChI is InChI=1S/C28H45FN4O5/c1-28(2)11-10-20(19-38-28)15-24(17-30-3)31-26(34)33-12-6-8-22(18-33)25(21-7-5-9-23(29)16-21)37-14-13-32(4)27(35)36/h5,7,9,16,20,22,24-25,30H,6,8,10-15,17-19H2,1-4H3,(H,31,34)(H,35,36)/t20-,22-,24+,25+/m1/s1. The van der Waals surface area contributed by atoms with E-state index in [-0.39, 0.29) is 42.6 Å². The molecule has 2 aliphatic rings. The Kier molecular flexibility index (Phi) is 11.2. The summed E-state index contributed by atoms with van der Waals surface area (Å²) in [6.45, 7) is 7.13. The lowest BCUT2D eigenvalue weighted by Gasteiger charge is -2.39. The number of hydrogen-bond acceptors (Lipinski definition) is 5. The highest BCUT2D eigenvalue weighted by Crippen LogP contribution is 2.34. The summed E-state index contributed by atoms with van der Waals surface area (Å²) in [5.41, 5.74) is 0.619. The molecule has 0 bridgehead atoms. The summed E-state index contributed by atoms with van der Waals surface area (Å²) in [4.78, 5) is 27.5. The number of urea groups is 1. The molecular weight excluding hydrogens is 491 g/mol. The van der Waals surface area contributed by atoms with Crippen LogP contribution in [0.4, 0.5) is 14.0 Å². The van der Waals surface area contributed by atoms with Crippen LogP contribution in [0.3, 0.4) is 0 Å². The molecule has 2 saturated heterocycles. The first-order valence-corrected chi connectivity index (χ1v) is 13.7. The minimum absolute atomic E-state index is 0.00971. The number of nitrogens with zero attached hydrogens (tertiary/aromatic N) is 2. The summed E-state index contributed by atoms with van der Waals surface area (Å²) < 4.78 is 26.2. The number of hydrogen-bond donors (Lipinski definition) is 3. The molecular formula is C28H45FN4O5. The molecule has 10 heteroatoms. The molecule has 3 N–H and O–H groups in total. The zero-order valence-corrected chi connectivity index (χ0v) is 23.2. The molecule has 3 rings (SSSR count). The second kappa shape index (κ2) is 14.1. The Balaban J connectivity index is 1.63. The van der Waals surface area contributed by atoms with E-state index >= 15 is 0 Å². The van der Waals surface area contributed by atoms with Gasteiger partial charge in [-0.15, -0.1) is 0 Å². The van der Waals surface area contributed by atoms with Gasteiger partial charge in [-0.25, -0.2) is 14.0 Å². The zero-order valence-electron chi connectivity index (χ0n) is 23.2. The minimum atomic E-state index is -1.03. The van der Waals surface area contributed by atoms with E-state index < -0.39 is 12.2 Å². The van der Waals surface area contributed by atoms with Crippen molar-refractivity contribution in [1.29, 1.82) is 0 Å². The van der Waals surface area contributed by atoms with Crippen LogP contribution in [0.25, 0.3) is 0 Å². The van der Waals surface area contributed by atoms with Crippen LogP contribution in [0.1, 0.15) is 57.6 Å². The minimum Gasteiger partial charge on any atom is -0.465 e. The first-order chi connectivity index (χ1) is 18.1. The average Bonchev–Trinajstić information content (AvgIpc) is 2.88. The quantitative estimate of drug-likeness (QED) is 0.394. The van der Waals surface area contributed by atoms with E-state index in [0.29, 0.717) is 37.7 Å². The molecule has 2 heterocycles. The molecule has 0 saturated carbocycles. The lowest BCUT2D eigenvalue weighted by atomic mass is 9.87. The monoisotopic (exact) mass is 536 g/mol. The maximum absolute atomic E-state index is 14.1. The van der Waals surface area contributed by atoms with Gasteiger partial charge in [-0.05, 0) is 76.6 Å². The van der Waals surface area contributed by atoms with Gasteiger partial charge in [0.1, 0.15) is 5.82 Å². The summed E-state index contributed by atoms with van der Waals surface area (Å²) in [6.07, 6.45) is 3.11. The van der Waals surface area contributed by atoms with E-state index in [1.165, 1.54) is 19.2 Å². The fraction of sp³-hybridized carbons (Fsp3) is 0.714. The van der Waals surface area contributed by atoms with Gasteiger partial charge in [-0.1, -0.05) is 12.1 Å². The van der Waals surface area contributed by atoms with Crippen molar-refractivity contribution in [3.63, 3.8) is 0 Å². The predicted molar refractivity (Wildman–Crippen MR) is 144 cm³/mol. The van der Waals surface area contributed by atoms with Crippen molar-refractivity contribution in [1.82, 2.24) is 20.4 Å². The van der Waals surface area contributed by atoms with Crippen LogP contribution in [0.2, 0.25) is 0 Å². The zero-order chi connectivity index (χ0) is 27.7. The first-order valence-electron chi connectivity index (χ1n) is 13.7. The van der Waals surface area contributed by atoms with Crippen molar-refractivity contribution in [2.24, 2.45) is 11.8 Å². The summed E-state index contributed by atoms with van der Waals surface area (Å²) in [5.74, 6) is 0.0165. The Bertz CT molecular complexity index is 907. The molecule has 0 aromatic heterocycles. The number of benzene rings is 1. The molecule has 38 heavy (non-hydrogen) atoms. The summed E-state index contributed by atoms with van der Waals surface area (Å²) in [7, 11) is 3.37. The fourth-order valence-electron chi connectivity index (χ4n) is 5.39. The van der Waals surface area contributed by atoms with Crippen LogP contribution in [-0.2, 0) is 9.47 Å². The van der Waals surface area contributed by atoms with Gasteiger partial charge in [0.2, 0.25) is 0 Å². The number of amides is 3. The maximum Gasteiger partial charge on any atom is 0.407 e. The molecule has 3 amide bonds. The van der Waals surface area contributed by atoms with Gasteiger partial charge >= 0.3 is 12.1 Å². The summed E-state index contributed by atoms with van der Waals surface area (Å²) >= 11 is 0. The number of ether oxygens (including phenoxy) is 2. The third kappa shape index (κ3) is 9.10. The van der Waals surface area contributed by atoms with Gasteiger partial charge in [-0.3, -0.25) is 0 Å². The number of carboxylic acid groups (broad SMARTS) is 1. The molecule has 2 aliphatic heterocycles. The first kappa shape index (κ1) is 30.1. The number of likely N-dealkylation sites (N-methyl/N-ethyl adjacent to an activating group) is 2. The van der Waals surface area contributed by atoms with E-state index in [1.54, 1.807) is 6.07 Å². The van der Waals surface area contributed by atoms with Crippen LogP contribution in [0.15, 0.2) is 24.3 Å². The molecule has 0 radical (unpaired) electrons. The number of rotatable bonds is 11. The highest BCUT2D eigenvalue weighted by Gasteiger charge is 2.33. The number of carbonyl (C=O) groups is 2. The van der Waals surface area contributed by atoms with Crippen LogP contribution in [0.5, 0.6) is 0 Å². The largest absolute Gasteiger partial charge is 0.465 e. The van der Waals surface area contributed by atoms with Crippen molar-refractivity contribution >= 4 is 12.1 Å². The molecule has 4 atom stereocenters. The van der Waals surface area contributed by atoms with E-state index in [1.807, 2.05) is 18.0 Å². The van der Waals surface area contributed by atoms with Crippen molar-refractivity contribution in [2.45, 2.75) is 63.7 Å². The normalized spacial score (nSPS) is 22.9. The van der Waals surface area contributed by atoms with Crippen LogP contribution in [0, 0.1) is 17.7 Å². The second-order valence-electron chi connectivity index (χ2n) is 11.3. The van der Waals surface area contributed by atoms with E-state index in [4.69, 9.17) is 14.6 Å². The number of likely N-dealkylation sites (tertiary alicyclic amines) is 1. The van der Waals surface area contributed by atoms with Crippen molar-refractivity contribution in [3.8, 4) is 0 Å². The van der Waals surface area contributed by atoms with Crippen LogP contribution >= 0.6 is 0 Å². The molecule has 214 valence electrons. The lowest BCUT2D eigenvalue weighted by Crippen LogP contribution is -2.52. The number of carbonyl (C=O) groups excluding carboxylic acids is 1.